The summed E-state index contributed by atoms with van der Waals surface area (Å²) >= 11 is 1.23. The van der Waals surface area contributed by atoms with Crippen LogP contribution in [0.25, 0.3) is 11.3 Å². The summed E-state index contributed by atoms with van der Waals surface area (Å²) in [5.74, 6) is -0.780. The molecule has 2 aromatic heterocycles. The molecule has 7 nitrogen and oxygen atoms in total. The van der Waals surface area contributed by atoms with Gasteiger partial charge in [-0.15, -0.1) is 23.7 Å². The Balaban J connectivity index is 0.00000272. The van der Waals surface area contributed by atoms with Gasteiger partial charge >= 0.3 is 0 Å². The molecule has 0 saturated heterocycles. The molecule has 0 aliphatic heterocycles. The second-order valence-corrected chi connectivity index (χ2v) is 8.78. The van der Waals surface area contributed by atoms with Crippen LogP contribution in [0.4, 0.5) is 25.4 Å². The Kier molecular flexibility index (Phi) is 6.58. The highest BCUT2D eigenvalue weighted by atomic mass is 35.5. The van der Waals surface area contributed by atoms with Crippen LogP contribution in [0.3, 0.4) is 0 Å². The summed E-state index contributed by atoms with van der Waals surface area (Å²) in [6.07, 6.45) is 0. The highest BCUT2D eigenvalue weighted by molar-refractivity contribution is 7.92. The van der Waals surface area contributed by atoms with Crippen LogP contribution in [0.1, 0.15) is 5.76 Å². The molecule has 0 fully saturated rings. The van der Waals surface area contributed by atoms with Gasteiger partial charge in [-0.1, -0.05) is 5.16 Å². The largest absolute Gasteiger partial charge is 0.360 e. The van der Waals surface area contributed by atoms with E-state index >= 15 is 0 Å². The molecule has 0 saturated carbocycles. The fourth-order valence-corrected chi connectivity index (χ4v) is 4.32. The van der Waals surface area contributed by atoms with E-state index in [2.05, 4.69) is 20.2 Å². The lowest BCUT2D eigenvalue weighted by Gasteiger charge is -2.07. The van der Waals surface area contributed by atoms with Gasteiger partial charge in [0.2, 0.25) is 0 Å². The van der Waals surface area contributed by atoms with Crippen LogP contribution in [0.2, 0.25) is 0 Å². The molecule has 2 heterocycles. The first-order valence-corrected chi connectivity index (χ1v) is 10.9. The zero-order valence-electron chi connectivity index (χ0n) is 15.8. The summed E-state index contributed by atoms with van der Waals surface area (Å²) in [5.41, 5.74) is 1.15. The number of thiazole rings is 1. The number of rotatable bonds is 6. The molecule has 0 radical (unpaired) electrons. The summed E-state index contributed by atoms with van der Waals surface area (Å²) in [4.78, 5) is 4.33. The van der Waals surface area contributed by atoms with Crippen molar-refractivity contribution in [1.82, 2.24) is 10.1 Å². The number of halogens is 3. The number of hydrogen-bond donors (Lipinski definition) is 2. The van der Waals surface area contributed by atoms with Gasteiger partial charge in [-0.3, -0.25) is 4.72 Å². The van der Waals surface area contributed by atoms with Gasteiger partial charge in [0.15, 0.2) is 10.9 Å². The van der Waals surface area contributed by atoms with Crippen molar-refractivity contribution in [2.75, 3.05) is 10.0 Å². The molecule has 0 aliphatic carbocycles. The third kappa shape index (κ3) is 5.19. The van der Waals surface area contributed by atoms with Gasteiger partial charge in [0.05, 0.1) is 10.6 Å². The van der Waals surface area contributed by atoms with Crippen molar-refractivity contribution in [2.45, 2.75) is 11.8 Å². The Morgan fingerprint density at radius 1 is 1.06 bits per heavy atom. The van der Waals surface area contributed by atoms with Gasteiger partial charge in [0.1, 0.15) is 17.4 Å². The fraction of sp³-hybridized carbons (Fsp3) is 0.0526. The molecular weight excluding hydrogens is 470 g/mol. The van der Waals surface area contributed by atoms with Gasteiger partial charge in [-0.25, -0.2) is 22.2 Å². The number of benzene rings is 2. The molecule has 0 spiro atoms. The topological polar surface area (TPSA) is 97.1 Å². The lowest BCUT2D eigenvalue weighted by atomic mass is 10.1. The Morgan fingerprint density at radius 3 is 2.45 bits per heavy atom. The van der Waals surface area contributed by atoms with Crippen LogP contribution in [0.5, 0.6) is 0 Å². The number of aryl methyl sites for hydroxylation is 1. The average molecular weight is 485 g/mol. The minimum Gasteiger partial charge on any atom is -0.360 e. The Labute approximate surface area is 186 Å². The first kappa shape index (κ1) is 22.7. The van der Waals surface area contributed by atoms with Gasteiger partial charge < -0.3 is 9.84 Å². The molecular formula is C19H15ClF2N4O3S2. The number of hydrogen-bond acceptors (Lipinski definition) is 7. The van der Waals surface area contributed by atoms with E-state index in [9.17, 15) is 17.2 Å². The minimum atomic E-state index is -3.82. The first-order valence-electron chi connectivity index (χ1n) is 8.54. The molecule has 162 valence electrons. The van der Waals surface area contributed by atoms with E-state index in [1.165, 1.54) is 41.7 Å². The quantitative estimate of drug-likeness (QED) is 0.383. The van der Waals surface area contributed by atoms with Crippen molar-refractivity contribution in [2.24, 2.45) is 0 Å². The second kappa shape index (κ2) is 9.00. The monoisotopic (exact) mass is 484 g/mol. The number of anilines is 3. The normalized spacial score (nSPS) is 11.1. The number of sulfonamides is 1. The van der Waals surface area contributed by atoms with E-state index in [0.717, 1.165) is 6.07 Å². The van der Waals surface area contributed by atoms with Gasteiger partial charge in [-0.05, 0) is 43.3 Å². The standard InChI is InChI=1S/C19H14F2N4O3S2.ClH/c1-11-8-18(24-28-11)25-30(26,27)14-5-3-13(4-6-14)22-19-23-17(10-29-19)15-7-2-12(20)9-16(15)21;/h2-10H,1H3,(H,22,23)(H,24,25);1H. The van der Waals surface area contributed by atoms with Crippen LogP contribution in [-0.2, 0) is 10.0 Å². The van der Waals surface area contributed by atoms with Crippen molar-refractivity contribution in [1.29, 1.82) is 0 Å². The Bertz CT molecular complexity index is 1310. The SMILES string of the molecule is Cc1cc(NS(=O)(=O)c2ccc(Nc3nc(-c4ccc(F)cc4F)cs3)cc2)no1.Cl. The van der Waals surface area contributed by atoms with Crippen molar-refractivity contribution in [3.63, 3.8) is 0 Å². The van der Waals surface area contributed by atoms with E-state index in [-0.39, 0.29) is 28.7 Å². The van der Waals surface area contributed by atoms with E-state index in [1.54, 1.807) is 24.4 Å². The summed E-state index contributed by atoms with van der Waals surface area (Å²) in [7, 11) is -3.82. The lowest BCUT2D eigenvalue weighted by molar-refractivity contribution is 0.400. The molecule has 2 aromatic carbocycles. The van der Waals surface area contributed by atoms with E-state index in [4.69, 9.17) is 4.52 Å². The predicted molar refractivity (Wildman–Crippen MR) is 116 cm³/mol. The van der Waals surface area contributed by atoms with E-state index in [0.29, 0.717) is 22.3 Å². The maximum atomic E-state index is 13.9. The average Bonchev–Trinajstić information content (AvgIpc) is 3.31. The van der Waals surface area contributed by atoms with Crippen LogP contribution >= 0.6 is 23.7 Å². The molecule has 4 rings (SSSR count). The number of aromatic nitrogens is 2. The predicted octanol–water partition coefficient (Wildman–Crippen LogP) is 5.35. The summed E-state index contributed by atoms with van der Waals surface area (Å²) in [6, 6.07) is 10.7. The number of nitrogens with zero attached hydrogens (tertiary/aromatic N) is 2. The van der Waals surface area contributed by atoms with Crippen molar-refractivity contribution >= 4 is 50.4 Å². The van der Waals surface area contributed by atoms with Crippen molar-refractivity contribution in [3.8, 4) is 11.3 Å². The number of nitrogens with one attached hydrogen (secondary N) is 2. The van der Waals surface area contributed by atoms with Gasteiger partial charge in [0, 0.05) is 28.8 Å². The zero-order chi connectivity index (χ0) is 21.3. The molecule has 12 heteroatoms. The maximum absolute atomic E-state index is 13.9. The first-order chi connectivity index (χ1) is 14.3. The highest BCUT2D eigenvalue weighted by Crippen LogP contribution is 2.29. The molecule has 31 heavy (non-hydrogen) atoms. The van der Waals surface area contributed by atoms with E-state index < -0.39 is 21.7 Å². The Morgan fingerprint density at radius 2 is 1.81 bits per heavy atom. The molecule has 4 aromatic rings. The van der Waals surface area contributed by atoms with Gasteiger partial charge in [-0.2, -0.15) is 0 Å². The maximum Gasteiger partial charge on any atom is 0.263 e. The highest BCUT2D eigenvalue weighted by Gasteiger charge is 2.16. The van der Waals surface area contributed by atoms with Crippen LogP contribution in [0, 0.1) is 18.6 Å². The zero-order valence-corrected chi connectivity index (χ0v) is 18.2. The van der Waals surface area contributed by atoms with Crippen molar-refractivity contribution in [3.05, 3.63) is 71.3 Å². The molecule has 0 aliphatic rings. The molecule has 0 amide bonds. The fourth-order valence-electron chi connectivity index (χ4n) is 2.60. The van der Waals surface area contributed by atoms with Gasteiger partial charge in [0.25, 0.3) is 10.0 Å². The van der Waals surface area contributed by atoms with E-state index in [1.807, 2.05) is 0 Å². The minimum absolute atomic E-state index is 0. The molecule has 0 atom stereocenters. The third-order valence-electron chi connectivity index (χ3n) is 3.99. The Hall–Kier alpha value is -3.02. The van der Waals surface area contributed by atoms with Crippen molar-refractivity contribution < 1.29 is 21.7 Å². The summed E-state index contributed by atoms with van der Waals surface area (Å²) in [5, 5.41) is 8.74. The third-order valence-corrected chi connectivity index (χ3v) is 6.12. The molecule has 2 N–H and O–H groups in total. The molecule has 0 unspecified atom stereocenters. The van der Waals surface area contributed by atoms with Crippen LogP contribution < -0.4 is 10.0 Å². The summed E-state index contributed by atoms with van der Waals surface area (Å²) in [6.45, 7) is 1.65. The van der Waals surface area contributed by atoms with Crippen LogP contribution in [0.15, 0.2) is 63.3 Å². The smallest absolute Gasteiger partial charge is 0.263 e. The summed E-state index contributed by atoms with van der Waals surface area (Å²) < 4.78 is 59.0. The lowest BCUT2D eigenvalue weighted by Crippen LogP contribution is -2.13. The second-order valence-electron chi connectivity index (χ2n) is 6.24. The molecule has 0 bridgehead atoms. The van der Waals surface area contributed by atoms with Crippen LogP contribution in [-0.4, -0.2) is 18.6 Å².